The van der Waals surface area contributed by atoms with Gasteiger partial charge in [-0.15, -0.1) is 24.8 Å². The van der Waals surface area contributed by atoms with E-state index >= 15 is 0 Å². The van der Waals surface area contributed by atoms with Crippen molar-refractivity contribution >= 4 is 30.7 Å². The molecule has 1 unspecified atom stereocenters. The first-order valence-electron chi connectivity index (χ1n) is 7.54. The van der Waals surface area contributed by atoms with E-state index in [-0.39, 0.29) is 30.7 Å². The van der Waals surface area contributed by atoms with Gasteiger partial charge in [0.2, 0.25) is 5.91 Å². The zero-order chi connectivity index (χ0) is 12.6. The third kappa shape index (κ3) is 7.67. The molecule has 2 aliphatic rings. The van der Waals surface area contributed by atoms with Crippen LogP contribution in [0.3, 0.4) is 0 Å². The van der Waals surface area contributed by atoms with Gasteiger partial charge in [0, 0.05) is 13.0 Å². The molecule has 2 saturated heterocycles. The number of amides is 1. The molecule has 0 aliphatic carbocycles. The minimum Gasteiger partial charge on any atom is -0.356 e. The van der Waals surface area contributed by atoms with E-state index in [1.165, 1.54) is 32.4 Å². The molecule has 1 amide bonds. The largest absolute Gasteiger partial charge is 0.356 e. The Labute approximate surface area is 135 Å². The van der Waals surface area contributed by atoms with Crippen molar-refractivity contribution in [1.82, 2.24) is 15.5 Å². The first kappa shape index (κ1) is 20.0. The van der Waals surface area contributed by atoms with Gasteiger partial charge in [-0.25, -0.2) is 0 Å². The summed E-state index contributed by atoms with van der Waals surface area (Å²) in [5.41, 5.74) is 0. The number of rotatable bonds is 7. The predicted molar refractivity (Wildman–Crippen MR) is 88.0 cm³/mol. The van der Waals surface area contributed by atoms with E-state index < -0.39 is 0 Å². The Morgan fingerprint density at radius 1 is 1.25 bits per heavy atom. The van der Waals surface area contributed by atoms with Gasteiger partial charge in [-0.05, 0) is 70.7 Å². The predicted octanol–water partition coefficient (Wildman–Crippen LogP) is 1.82. The molecule has 2 aliphatic heterocycles. The van der Waals surface area contributed by atoms with Crippen LogP contribution in [0.5, 0.6) is 0 Å². The third-order valence-corrected chi connectivity index (χ3v) is 4.11. The summed E-state index contributed by atoms with van der Waals surface area (Å²) in [4.78, 5) is 14.1. The number of hydrogen-bond acceptors (Lipinski definition) is 3. The third-order valence-electron chi connectivity index (χ3n) is 4.11. The highest BCUT2D eigenvalue weighted by atomic mass is 35.5. The van der Waals surface area contributed by atoms with Crippen molar-refractivity contribution in [2.45, 2.75) is 38.5 Å². The van der Waals surface area contributed by atoms with Crippen LogP contribution in [0.4, 0.5) is 0 Å². The number of carbonyl (C=O) groups excluding carboxylic acids is 1. The van der Waals surface area contributed by atoms with Gasteiger partial charge in [0.1, 0.15) is 0 Å². The van der Waals surface area contributed by atoms with Gasteiger partial charge in [0.15, 0.2) is 0 Å². The topological polar surface area (TPSA) is 44.4 Å². The fourth-order valence-corrected chi connectivity index (χ4v) is 2.92. The van der Waals surface area contributed by atoms with Crippen molar-refractivity contribution in [2.24, 2.45) is 5.92 Å². The highest BCUT2D eigenvalue weighted by Crippen LogP contribution is 2.13. The van der Waals surface area contributed by atoms with Gasteiger partial charge < -0.3 is 15.5 Å². The molecule has 4 nitrogen and oxygen atoms in total. The summed E-state index contributed by atoms with van der Waals surface area (Å²) >= 11 is 0. The fourth-order valence-electron chi connectivity index (χ4n) is 2.92. The molecule has 0 aromatic heterocycles. The molecular formula is C14H29Cl2N3O. The van der Waals surface area contributed by atoms with Crippen LogP contribution in [0, 0.1) is 5.92 Å². The second-order valence-corrected chi connectivity index (χ2v) is 5.65. The van der Waals surface area contributed by atoms with Gasteiger partial charge in [0.25, 0.3) is 0 Å². The average Bonchev–Trinajstić information content (AvgIpc) is 3.04. The Morgan fingerprint density at radius 2 is 2.00 bits per heavy atom. The summed E-state index contributed by atoms with van der Waals surface area (Å²) in [5, 5.41) is 6.39. The van der Waals surface area contributed by atoms with Crippen LogP contribution >= 0.6 is 24.8 Å². The van der Waals surface area contributed by atoms with Crippen molar-refractivity contribution in [3.63, 3.8) is 0 Å². The molecule has 0 bridgehead atoms. The SMILES string of the molecule is Cl.Cl.O=C(CCC1CCNC1)NCCCN1CCCC1. The molecule has 20 heavy (non-hydrogen) atoms. The molecule has 0 aromatic carbocycles. The van der Waals surface area contributed by atoms with Gasteiger partial charge in [-0.2, -0.15) is 0 Å². The lowest BCUT2D eigenvalue weighted by Gasteiger charge is -2.14. The Bertz CT molecular complexity index is 255. The monoisotopic (exact) mass is 325 g/mol. The van der Waals surface area contributed by atoms with Crippen molar-refractivity contribution in [2.75, 3.05) is 39.3 Å². The molecule has 120 valence electrons. The van der Waals surface area contributed by atoms with E-state index in [0.717, 1.165) is 44.9 Å². The number of nitrogens with one attached hydrogen (secondary N) is 2. The van der Waals surface area contributed by atoms with E-state index in [9.17, 15) is 4.79 Å². The zero-order valence-electron chi connectivity index (χ0n) is 12.2. The highest BCUT2D eigenvalue weighted by molar-refractivity contribution is 5.85. The van der Waals surface area contributed by atoms with Crippen LogP contribution in [0.25, 0.3) is 0 Å². The van der Waals surface area contributed by atoms with Gasteiger partial charge in [0.05, 0.1) is 0 Å². The van der Waals surface area contributed by atoms with E-state index in [2.05, 4.69) is 15.5 Å². The van der Waals surface area contributed by atoms with Crippen LogP contribution in [0.15, 0.2) is 0 Å². The smallest absolute Gasteiger partial charge is 0.220 e. The minimum atomic E-state index is 0. The maximum atomic E-state index is 11.7. The normalized spacial score (nSPS) is 22.1. The van der Waals surface area contributed by atoms with Crippen LogP contribution in [0.1, 0.15) is 38.5 Å². The first-order chi connectivity index (χ1) is 8.84. The van der Waals surface area contributed by atoms with E-state index in [4.69, 9.17) is 0 Å². The number of carbonyl (C=O) groups is 1. The molecule has 0 saturated carbocycles. The average molecular weight is 326 g/mol. The van der Waals surface area contributed by atoms with Crippen LogP contribution < -0.4 is 10.6 Å². The van der Waals surface area contributed by atoms with Gasteiger partial charge >= 0.3 is 0 Å². The summed E-state index contributed by atoms with van der Waals surface area (Å²) in [7, 11) is 0. The van der Waals surface area contributed by atoms with E-state index in [1.807, 2.05) is 0 Å². The van der Waals surface area contributed by atoms with Crippen LogP contribution in [0.2, 0.25) is 0 Å². The van der Waals surface area contributed by atoms with Crippen molar-refractivity contribution in [3.8, 4) is 0 Å². The molecular weight excluding hydrogens is 297 g/mol. The summed E-state index contributed by atoms with van der Waals surface area (Å²) in [5.74, 6) is 0.962. The maximum Gasteiger partial charge on any atom is 0.220 e. The number of halogens is 2. The Morgan fingerprint density at radius 3 is 2.65 bits per heavy atom. The summed E-state index contributed by atoms with van der Waals surface area (Å²) in [6.45, 7) is 6.72. The van der Waals surface area contributed by atoms with E-state index in [0.29, 0.717) is 6.42 Å². The number of nitrogens with zero attached hydrogens (tertiary/aromatic N) is 1. The molecule has 2 fully saturated rings. The van der Waals surface area contributed by atoms with Crippen LogP contribution in [-0.2, 0) is 4.79 Å². The lowest BCUT2D eigenvalue weighted by molar-refractivity contribution is -0.121. The van der Waals surface area contributed by atoms with Gasteiger partial charge in [-0.1, -0.05) is 0 Å². The lowest BCUT2D eigenvalue weighted by atomic mass is 10.0. The molecule has 0 aromatic rings. The molecule has 6 heteroatoms. The van der Waals surface area contributed by atoms with Gasteiger partial charge in [-0.3, -0.25) is 4.79 Å². The number of hydrogen-bond donors (Lipinski definition) is 2. The first-order valence-corrected chi connectivity index (χ1v) is 7.54. The fraction of sp³-hybridized carbons (Fsp3) is 0.929. The summed E-state index contributed by atoms with van der Waals surface area (Å²) in [6, 6.07) is 0. The molecule has 0 spiro atoms. The standard InChI is InChI=1S/C14H27N3O.2ClH/c18-14(5-4-13-6-8-15-12-13)16-7-3-11-17-9-1-2-10-17;;/h13,15H,1-12H2,(H,16,18);2*1H. The van der Waals surface area contributed by atoms with Crippen molar-refractivity contribution < 1.29 is 4.79 Å². The molecule has 0 radical (unpaired) electrons. The van der Waals surface area contributed by atoms with Crippen molar-refractivity contribution in [3.05, 3.63) is 0 Å². The molecule has 2 rings (SSSR count). The maximum absolute atomic E-state index is 11.7. The second-order valence-electron chi connectivity index (χ2n) is 5.65. The van der Waals surface area contributed by atoms with Crippen LogP contribution in [-0.4, -0.2) is 50.1 Å². The molecule has 1 atom stereocenters. The minimum absolute atomic E-state index is 0. The Balaban J connectivity index is 0.00000180. The van der Waals surface area contributed by atoms with E-state index in [1.54, 1.807) is 0 Å². The van der Waals surface area contributed by atoms with Crippen molar-refractivity contribution in [1.29, 1.82) is 0 Å². The highest BCUT2D eigenvalue weighted by Gasteiger charge is 2.15. The molecule has 2 N–H and O–H groups in total. The Hall–Kier alpha value is -0.0300. The lowest BCUT2D eigenvalue weighted by Crippen LogP contribution is -2.28. The molecule has 2 heterocycles. The Kier molecular flexibility index (Phi) is 11.6. The quantitative estimate of drug-likeness (QED) is 0.702. The summed E-state index contributed by atoms with van der Waals surface area (Å²) < 4.78 is 0. The zero-order valence-corrected chi connectivity index (χ0v) is 13.9. The number of likely N-dealkylation sites (tertiary alicyclic amines) is 1. The second kappa shape index (κ2) is 11.6. The summed E-state index contributed by atoms with van der Waals surface area (Å²) in [6.07, 6.45) is 6.78.